The highest BCUT2D eigenvalue weighted by molar-refractivity contribution is 4.99. The van der Waals surface area contributed by atoms with Crippen LogP contribution in [-0.4, -0.2) is 12.2 Å². The van der Waals surface area contributed by atoms with Crippen LogP contribution in [0.2, 0.25) is 0 Å². The smallest absolute Gasteiger partial charge is 0.149 e. The molecule has 0 aliphatic heterocycles. The van der Waals surface area contributed by atoms with Crippen LogP contribution < -0.4 is 20.6 Å². The highest BCUT2D eigenvalue weighted by Crippen LogP contribution is 2.13. The number of rotatable bonds is 19. The maximum atomic E-state index is 6.80. The third kappa shape index (κ3) is 13.0. The molecule has 0 saturated heterocycles. The molecule has 1 radical (unpaired) electrons. The number of hydrogen-bond acceptors (Lipinski definition) is 2. The van der Waals surface area contributed by atoms with E-state index in [2.05, 4.69) is 58.0 Å². The van der Waals surface area contributed by atoms with E-state index in [0.717, 1.165) is 12.8 Å². The van der Waals surface area contributed by atoms with E-state index >= 15 is 0 Å². The molecule has 0 spiro atoms. The van der Waals surface area contributed by atoms with E-state index in [1.165, 1.54) is 80.6 Å². The van der Waals surface area contributed by atoms with Gasteiger partial charge in [0.2, 0.25) is 3.57 Å². The molecule has 0 N–H and O–H groups in total. The molecule has 0 aromatic heterocycles. The molecule has 3 heteroatoms. The Hall–Kier alpha value is -0.130. The van der Waals surface area contributed by atoms with Crippen molar-refractivity contribution in [2.75, 3.05) is 0 Å². The zero-order valence-electron chi connectivity index (χ0n) is 19.6. The molecular formula is C26H47IO2+. The summed E-state index contributed by atoms with van der Waals surface area (Å²) in [5, 5.41) is 0. The summed E-state index contributed by atoms with van der Waals surface area (Å²) in [4.78, 5) is 0. The molecule has 169 valence electrons. The fraction of sp³-hybridized carbons (Fsp3) is 0.769. The molecule has 2 unspecified atom stereocenters. The molecule has 1 aromatic rings. The molecule has 0 amide bonds. The highest BCUT2D eigenvalue weighted by Gasteiger charge is 2.36. The normalized spacial score (nSPS) is 13.7. The first-order chi connectivity index (χ1) is 14.2. The maximum absolute atomic E-state index is 6.80. The molecule has 0 aliphatic rings. The van der Waals surface area contributed by atoms with Crippen molar-refractivity contribution in [2.45, 2.75) is 130 Å². The molecule has 2 nitrogen and oxygen atoms in total. The second-order valence-electron chi connectivity index (χ2n) is 8.21. The van der Waals surface area contributed by atoms with Crippen molar-refractivity contribution in [1.82, 2.24) is 0 Å². The van der Waals surface area contributed by atoms with E-state index in [4.69, 9.17) is 6.13 Å². The van der Waals surface area contributed by atoms with E-state index in [-0.39, 0.29) is 0 Å². The maximum Gasteiger partial charge on any atom is 0.442 e. The Morgan fingerprint density at radius 3 is 1.48 bits per heavy atom. The zero-order valence-corrected chi connectivity index (χ0v) is 21.8. The Kier molecular flexibility index (Phi) is 17.3. The van der Waals surface area contributed by atoms with Crippen LogP contribution in [0, 0.1) is 3.57 Å². The standard InChI is InChI=1S/C26H47IO2/c1-5-9-11-16-22-25(18-7-3)28-27(24-20-14-13-15-21-24)29-26(19-8-4)23-17-12-10-6-2/h13-15,20-21,25-26H,5-12,16-19,22-23H2,1-4H3/q+1. The fourth-order valence-corrected chi connectivity index (χ4v) is 7.61. The van der Waals surface area contributed by atoms with E-state index < -0.39 is 20.6 Å². The molecule has 2 atom stereocenters. The van der Waals surface area contributed by atoms with E-state index in [0.29, 0.717) is 12.2 Å². The molecule has 29 heavy (non-hydrogen) atoms. The first-order valence-corrected chi connectivity index (χ1v) is 15.2. The van der Waals surface area contributed by atoms with Crippen molar-refractivity contribution in [1.29, 1.82) is 0 Å². The predicted octanol–water partition coefficient (Wildman–Crippen LogP) is 5.62. The Morgan fingerprint density at radius 1 is 0.586 bits per heavy atom. The minimum atomic E-state index is -2.10. The van der Waals surface area contributed by atoms with Gasteiger partial charge >= 0.3 is 20.6 Å². The third-order valence-electron chi connectivity index (χ3n) is 5.31. The monoisotopic (exact) mass is 518 g/mol. The molecule has 1 rings (SSSR count). The summed E-state index contributed by atoms with van der Waals surface area (Å²) in [6.07, 6.45) is 18.3. The van der Waals surface area contributed by atoms with Crippen LogP contribution in [-0.2, 0) is 6.13 Å². The second kappa shape index (κ2) is 18.6. The lowest BCUT2D eigenvalue weighted by Gasteiger charge is -2.18. The SMILES string of the molecule is CCCCCCC(CCC)O[I+](OC(CCC)CCCCCC)c1ccccc1. The summed E-state index contributed by atoms with van der Waals surface area (Å²) in [5.74, 6) is 0. The van der Waals surface area contributed by atoms with Crippen molar-refractivity contribution >= 4 is 0 Å². The number of halogens is 1. The van der Waals surface area contributed by atoms with Crippen LogP contribution in [0.1, 0.15) is 118 Å². The van der Waals surface area contributed by atoms with Crippen LogP contribution in [0.15, 0.2) is 30.3 Å². The van der Waals surface area contributed by atoms with Crippen molar-refractivity contribution in [2.24, 2.45) is 0 Å². The fourth-order valence-electron chi connectivity index (χ4n) is 3.58. The van der Waals surface area contributed by atoms with E-state index in [9.17, 15) is 0 Å². The van der Waals surface area contributed by atoms with Gasteiger partial charge in [-0.05, 0) is 37.8 Å². The quantitative estimate of drug-likeness (QED) is 0.175. The van der Waals surface area contributed by atoms with Gasteiger partial charge in [0.25, 0.3) is 0 Å². The summed E-state index contributed by atoms with van der Waals surface area (Å²) < 4.78 is 14.9. The zero-order chi connectivity index (χ0) is 21.2. The molecule has 0 bridgehead atoms. The lowest BCUT2D eigenvalue weighted by Crippen LogP contribution is -3.86. The van der Waals surface area contributed by atoms with Crippen LogP contribution in [0.3, 0.4) is 0 Å². The molecule has 0 aliphatic carbocycles. The third-order valence-corrected chi connectivity index (χ3v) is 9.40. The van der Waals surface area contributed by atoms with Crippen LogP contribution in [0.5, 0.6) is 0 Å². The molecular weight excluding hydrogens is 471 g/mol. The lowest BCUT2D eigenvalue weighted by molar-refractivity contribution is -1.23. The first-order valence-electron chi connectivity index (χ1n) is 12.3. The van der Waals surface area contributed by atoms with Gasteiger partial charge in [-0.15, -0.1) is 6.13 Å². The van der Waals surface area contributed by atoms with Crippen molar-refractivity contribution in [3.8, 4) is 0 Å². The first kappa shape index (κ1) is 26.9. The Balaban J connectivity index is 2.76. The van der Waals surface area contributed by atoms with Gasteiger partial charge in [-0.3, -0.25) is 0 Å². The minimum Gasteiger partial charge on any atom is -0.149 e. The van der Waals surface area contributed by atoms with Gasteiger partial charge in [0.1, 0.15) is 12.2 Å². The molecule has 1 aromatic carbocycles. The van der Waals surface area contributed by atoms with Crippen LogP contribution in [0.4, 0.5) is 0 Å². The van der Waals surface area contributed by atoms with Gasteiger partial charge in [0.05, 0.1) is 0 Å². The summed E-state index contributed by atoms with van der Waals surface area (Å²) in [6.45, 7) is 9.11. The summed E-state index contributed by atoms with van der Waals surface area (Å²) in [6, 6.07) is 10.8. The van der Waals surface area contributed by atoms with Gasteiger partial charge in [-0.2, -0.15) is 0 Å². The predicted molar refractivity (Wildman–Crippen MR) is 122 cm³/mol. The molecule has 0 saturated carbocycles. The van der Waals surface area contributed by atoms with Gasteiger partial charge in [-0.25, -0.2) is 0 Å². The summed E-state index contributed by atoms with van der Waals surface area (Å²) in [5.41, 5.74) is 0. The van der Waals surface area contributed by atoms with Crippen molar-refractivity contribution < 1.29 is 26.8 Å². The summed E-state index contributed by atoms with van der Waals surface area (Å²) in [7, 11) is 0. The largest absolute Gasteiger partial charge is 0.442 e. The van der Waals surface area contributed by atoms with Crippen LogP contribution in [0.25, 0.3) is 0 Å². The van der Waals surface area contributed by atoms with E-state index in [1.807, 2.05) is 0 Å². The Morgan fingerprint density at radius 2 is 1.07 bits per heavy atom. The summed E-state index contributed by atoms with van der Waals surface area (Å²) >= 11 is -2.10. The van der Waals surface area contributed by atoms with Crippen LogP contribution >= 0.6 is 0 Å². The van der Waals surface area contributed by atoms with Gasteiger partial charge in [0, 0.05) is 0 Å². The van der Waals surface area contributed by atoms with E-state index in [1.54, 1.807) is 0 Å². The van der Waals surface area contributed by atoms with Crippen molar-refractivity contribution in [3.63, 3.8) is 0 Å². The lowest BCUT2D eigenvalue weighted by atomic mass is 10.1. The van der Waals surface area contributed by atoms with Crippen molar-refractivity contribution in [3.05, 3.63) is 33.9 Å². The minimum absolute atomic E-state index is 0.365. The highest BCUT2D eigenvalue weighted by atomic mass is 127. The Bertz CT molecular complexity index is 441. The second-order valence-corrected chi connectivity index (χ2v) is 11.7. The number of unbranched alkanes of at least 4 members (excludes halogenated alkanes) is 6. The number of benzene rings is 1. The molecule has 0 heterocycles. The van der Waals surface area contributed by atoms with Gasteiger partial charge < -0.3 is 0 Å². The number of hydrogen-bond donors (Lipinski definition) is 0. The average Bonchev–Trinajstić information content (AvgIpc) is 2.74. The topological polar surface area (TPSA) is 18.5 Å². The molecule has 0 fully saturated rings. The Labute approximate surface area is 190 Å². The van der Waals surface area contributed by atoms with Gasteiger partial charge in [-0.1, -0.05) is 110 Å². The van der Waals surface area contributed by atoms with Gasteiger partial charge in [0.15, 0.2) is 0 Å². The average molecular weight is 519 g/mol.